The van der Waals surface area contributed by atoms with E-state index in [1.807, 2.05) is 0 Å². The Balaban J connectivity index is 1.83. The Morgan fingerprint density at radius 3 is 2.24 bits per heavy atom. The molecule has 2 unspecified atom stereocenters. The minimum atomic E-state index is -0.557. The molecule has 3 rings (SSSR count). The summed E-state index contributed by atoms with van der Waals surface area (Å²) in [6.07, 6.45) is 7.31. The molecular weight excluding hydrogens is 208 g/mol. The fraction of sp³-hybridized carbons (Fsp3) is 0.625. The average Bonchev–Trinajstić information content (AvgIpc) is 2.59. The maximum Gasteiger partial charge on any atom is 0.0921 e. The third kappa shape index (κ3) is 1.81. The van der Waals surface area contributed by atoms with Gasteiger partial charge in [0.2, 0.25) is 0 Å². The molecule has 1 aromatic carbocycles. The van der Waals surface area contributed by atoms with Crippen molar-refractivity contribution < 1.29 is 5.11 Å². The second-order valence-electron chi connectivity index (χ2n) is 5.97. The van der Waals surface area contributed by atoms with Crippen molar-refractivity contribution in [1.29, 1.82) is 0 Å². The van der Waals surface area contributed by atoms with E-state index in [1.165, 1.54) is 24.8 Å². The van der Waals surface area contributed by atoms with Crippen LogP contribution in [0.4, 0.5) is 0 Å². The van der Waals surface area contributed by atoms with E-state index in [0.717, 1.165) is 30.7 Å². The number of aliphatic hydroxyl groups is 1. The Labute approximate surface area is 104 Å². The minimum Gasteiger partial charge on any atom is -0.385 e. The second-order valence-corrected chi connectivity index (χ2v) is 5.97. The summed E-state index contributed by atoms with van der Waals surface area (Å²) in [6.45, 7) is 2.17. The molecule has 0 saturated heterocycles. The summed E-state index contributed by atoms with van der Waals surface area (Å²) < 4.78 is 0. The zero-order valence-corrected chi connectivity index (χ0v) is 10.7. The summed E-state index contributed by atoms with van der Waals surface area (Å²) in [4.78, 5) is 0. The first-order valence-electron chi connectivity index (χ1n) is 7.03. The number of hydrogen-bond donors (Lipinski definition) is 1. The molecule has 1 heteroatoms. The van der Waals surface area contributed by atoms with Gasteiger partial charge in [0.25, 0.3) is 0 Å². The Morgan fingerprint density at radius 2 is 1.76 bits per heavy atom. The Bertz CT molecular complexity index is 390. The summed E-state index contributed by atoms with van der Waals surface area (Å²) in [6, 6.07) is 8.80. The van der Waals surface area contributed by atoms with E-state index in [2.05, 4.69) is 31.2 Å². The summed E-state index contributed by atoms with van der Waals surface area (Å²) in [5.41, 5.74) is 2.04. The van der Waals surface area contributed by atoms with Crippen molar-refractivity contribution in [2.45, 2.75) is 57.0 Å². The van der Waals surface area contributed by atoms with E-state index in [9.17, 15) is 5.11 Å². The zero-order valence-electron chi connectivity index (χ0n) is 10.7. The van der Waals surface area contributed by atoms with Gasteiger partial charge >= 0.3 is 0 Å². The van der Waals surface area contributed by atoms with Crippen LogP contribution in [0.25, 0.3) is 0 Å². The van der Waals surface area contributed by atoms with Crippen LogP contribution in [0, 0.1) is 5.92 Å². The van der Waals surface area contributed by atoms with E-state index in [1.54, 1.807) is 0 Å². The molecule has 0 aliphatic heterocycles. The SMILES string of the molecule is CC1CCCC1(O)c1ccc(C2CCC2)cc1. The summed E-state index contributed by atoms with van der Waals surface area (Å²) in [5, 5.41) is 10.7. The highest BCUT2D eigenvalue weighted by atomic mass is 16.3. The van der Waals surface area contributed by atoms with Crippen LogP contribution in [0.1, 0.15) is 62.5 Å². The third-order valence-corrected chi connectivity index (χ3v) is 5.00. The molecule has 92 valence electrons. The molecule has 0 radical (unpaired) electrons. The molecule has 2 aliphatic rings. The van der Waals surface area contributed by atoms with Crippen molar-refractivity contribution in [3.05, 3.63) is 35.4 Å². The molecule has 0 bridgehead atoms. The Kier molecular flexibility index (Phi) is 2.74. The molecule has 1 N–H and O–H groups in total. The summed E-state index contributed by atoms with van der Waals surface area (Å²) in [7, 11) is 0. The molecule has 2 saturated carbocycles. The van der Waals surface area contributed by atoms with Crippen molar-refractivity contribution in [3.63, 3.8) is 0 Å². The van der Waals surface area contributed by atoms with Crippen LogP contribution >= 0.6 is 0 Å². The van der Waals surface area contributed by atoms with Gasteiger partial charge in [-0.25, -0.2) is 0 Å². The van der Waals surface area contributed by atoms with Crippen molar-refractivity contribution in [1.82, 2.24) is 0 Å². The average molecular weight is 230 g/mol. The molecule has 2 aliphatic carbocycles. The number of hydrogen-bond acceptors (Lipinski definition) is 1. The maximum absolute atomic E-state index is 10.7. The Hall–Kier alpha value is -0.820. The molecule has 0 aromatic heterocycles. The van der Waals surface area contributed by atoms with E-state index >= 15 is 0 Å². The van der Waals surface area contributed by atoms with Gasteiger partial charge < -0.3 is 5.11 Å². The standard InChI is InChI=1S/C16H22O/c1-12-4-3-11-16(12,17)15-9-7-14(8-10-15)13-5-2-6-13/h7-10,12-13,17H,2-6,11H2,1H3. The van der Waals surface area contributed by atoms with Gasteiger partial charge in [-0.3, -0.25) is 0 Å². The lowest BCUT2D eigenvalue weighted by atomic mass is 9.78. The van der Waals surface area contributed by atoms with E-state index in [4.69, 9.17) is 0 Å². The molecule has 0 amide bonds. The summed E-state index contributed by atoms with van der Waals surface area (Å²) >= 11 is 0. The van der Waals surface area contributed by atoms with Gasteiger partial charge in [0.05, 0.1) is 5.60 Å². The topological polar surface area (TPSA) is 20.2 Å². The molecule has 0 heterocycles. The largest absolute Gasteiger partial charge is 0.385 e. The first kappa shape index (κ1) is 11.3. The maximum atomic E-state index is 10.7. The molecule has 2 fully saturated rings. The second kappa shape index (κ2) is 4.13. The van der Waals surface area contributed by atoms with E-state index in [-0.39, 0.29) is 0 Å². The molecule has 0 spiro atoms. The van der Waals surface area contributed by atoms with Gasteiger partial charge in [-0.05, 0) is 55.1 Å². The van der Waals surface area contributed by atoms with Crippen LogP contribution in [0.2, 0.25) is 0 Å². The normalized spacial score (nSPS) is 33.6. The molecule has 1 aromatic rings. The minimum absolute atomic E-state index is 0.400. The lowest BCUT2D eigenvalue weighted by Crippen LogP contribution is -2.28. The van der Waals surface area contributed by atoms with E-state index in [0.29, 0.717) is 5.92 Å². The van der Waals surface area contributed by atoms with Crippen LogP contribution in [0.3, 0.4) is 0 Å². The van der Waals surface area contributed by atoms with Gasteiger partial charge in [-0.2, -0.15) is 0 Å². The highest BCUT2D eigenvalue weighted by molar-refractivity contribution is 5.31. The monoisotopic (exact) mass is 230 g/mol. The number of rotatable bonds is 2. The zero-order chi connectivity index (χ0) is 11.9. The summed E-state index contributed by atoms with van der Waals surface area (Å²) in [5.74, 6) is 1.19. The van der Waals surface area contributed by atoms with Gasteiger partial charge in [-0.15, -0.1) is 0 Å². The van der Waals surface area contributed by atoms with Crippen LogP contribution in [-0.2, 0) is 5.60 Å². The van der Waals surface area contributed by atoms with Crippen LogP contribution in [0.5, 0.6) is 0 Å². The highest BCUT2D eigenvalue weighted by Crippen LogP contribution is 2.44. The fourth-order valence-electron chi connectivity index (χ4n) is 3.38. The molecule has 2 atom stereocenters. The van der Waals surface area contributed by atoms with Crippen LogP contribution in [0.15, 0.2) is 24.3 Å². The van der Waals surface area contributed by atoms with Crippen LogP contribution in [-0.4, -0.2) is 5.11 Å². The predicted molar refractivity (Wildman–Crippen MR) is 69.9 cm³/mol. The quantitative estimate of drug-likeness (QED) is 0.815. The van der Waals surface area contributed by atoms with Crippen LogP contribution < -0.4 is 0 Å². The lowest BCUT2D eigenvalue weighted by molar-refractivity contribution is 0.00446. The Morgan fingerprint density at radius 1 is 1.06 bits per heavy atom. The lowest BCUT2D eigenvalue weighted by Gasteiger charge is -2.30. The van der Waals surface area contributed by atoms with Crippen molar-refractivity contribution in [2.75, 3.05) is 0 Å². The van der Waals surface area contributed by atoms with Crippen molar-refractivity contribution >= 4 is 0 Å². The molecule has 1 nitrogen and oxygen atoms in total. The van der Waals surface area contributed by atoms with Crippen molar-refractivity contribution in [2.24, 2.45) is 5.92 Å². The third-order valence-electron chi connectivity index (χ3n) is 5.00. The van der Waals surface area contributed by atoms with Gasteiger partial charge in [0.1, 0.15) is 0 Å². The smallest absolute Gasteiger partial charge is 0.0921 e. The van der Waals surface area contributed by atoms with Crippen molar-refractivity contribution in [3.8, 4) is 0 Å². The first-order chi connectivity index (χ1) is 8.20. The van der Waals surface area contributed by atoms with Gasteiger partial charge in [0.15, 0.2) is 0 Å². The molecule has 17 heavy (non-hydrogen) atoms. The van der Waals surface area contributed by atoms with Gasteiger partial charge in [-0.1, -0.05) is 37.6 Å². The predicted octanol–water partition coefficient (Wildman–Crippen LogP) is 3.96. The fourth-order valence-corrected chi connectivity index (χ4v) is 3.38. The number of benzene rings is 1. The van der Waals surface area contributed by atoms with E-state index < -0.39 is 5.60 Å². The first-order valence-corrected chi connectivity index (χ1v) is 7.03. The van der Waals surface area contributed by atoms with Gasteiger partial charge in [0, 0.05) is 0 Å². The molecular formula is C16H22O. The highest BCUT2D eigenvalue weighted by Gasteiger charge is 2.39.